The second-order valence-corrected chi connectivity index (χ2v) is 25.8. The zero-order valence-electron chi connectivity index (χ0n) is 20.7. The zero-order valence-corrected chi connectivity index (χ0v) is 23.7. The van der Waals surface area contributed by atoms with Gasteiger partial charge < -0.3 is 13.4 Å². The van der Waals surface area contributed by atoms with Crippen LogP contribution in [0.5, 0.6) is 0 Å². The molecular weight excluding hydrogens is 428 g/mol. The Balaban J connectivity index is 2.49. The summed E-state index contributed by atoms with van der Waals surface area (Å²) in [6.45, 7) is 23.4. The minimum Gasteiger partial charge on any atom is -0.412 e. The molecule has 1 saturated heterocycles. The van der Waals surface area contributed by atoms with Crippen LogP contribution in [-0.4, -0.2) is 53.2 Å². The molecule has 1 aliphatic heterocycles. The van der Waals surface area contributed by atoms with Gasteiger partial charge in [-0.25, -0.2) is 5.06 Å². The molecule has 1 heterocycles. The highest BCUT2D eigenvalue weighted by molar-refractivity contribution is 6.74. The van der Waals surface area contributed by atoms with Gasteiger partial charge in [0.25, 0.3) is 0 Å². The molecule has 1 spiro atoms. The normalized spacial score (nSPS) is 30.4. The van der Waals surface area contributed by atoms with Gasteiger partial charge in [-0.2, -0.15) is 5.26 Å². The number of hydrogen-bond donors (Lipinski definition) is 0. The summed E-state index contributed by atoms with van der Waals surface area (Å²) in [5.74, 6) is -0.0239. The van der Waals surface area contributed by atoms with E-state index in [2.05, 4.69) is 79.2 Å². The lowest BCUT2D eigenvalue weighted by molar-refractivity contribution is -0.230. The van der Waals surface area contributed by atoms with Crippen molar-refractivity contribution in [2.24, 2.45) is 0 Å². The van der Waals surface area contributed by atoms with Crippen LogP contribution in [-0.2, 0) is 18.2 Å². The van der Waals surface area contributed by atoms with E-state index in [0.29, 0.717) is 12.8 Å². The van der Waals surface area contributed by atoms with Gasteiger partial charge in [0.05, 0.1) is 12.5 Å². The summed E-state index contributed by atoms with van der Waals surface area (Å²) in [6, 6.07) is 2.40. The Labute approximate surface area is 185 Å². The summed E-state index contributed by atoms with van der Waals surface area (Å²) in [5, 5.41) is 11.6. The topological polar surface area (TPSA) is 71.8 Å². The number of β-lactam (4-membered cyclic amide) rings is 1. The second-order valence-electron chi connectivity index (χ2n) is 12.2. The molecule has 6 nitrogen and oxygen atoms in total. The van der Waals surface area contributed by atoms with Crippen molar-refractivity contribution in [1.82, 2.24) is 5.06 Å². The van der Waals surface area contributed by atoms with Crippen molar-refractivity contribution in [3.05, 3.63) is 12.2 Å². The highest BCUT2D eigenvalue weighted by Crippen LogP contribution is 2.49. The summed E-state index contributed by atoms with van der Waals surface area (Å²) < 4.78 is 19.4. The highest BCUT2D eigenvalue weighted by Gasteiger charge is 2.62. The molecule has 0 aromatic heterocycles. The van der Waals surface area contributed by atoms with Crippen molar-refractivity contribution < 1.29 is 18.2 Å². The molecule has 0 N–H and O–H groups in total. The third kappa shape index (κ3) is 5.16. The molecule has 2 aliphatic rings. The van der Waals surface area contributed by atoms with Gasteiger partial charge in [0.2, 0.25) is 14.2 Å². The maximum Gasteiger partial charge on any atom is 0.248 e. The predicted molar refractivity (Wildman–Crippen MR) is 127 cm³/mol. The van der Waals surface area contributed by atoms with Crippen molar-refractivity contribution >= 4 is 30.9 Å². The molecule has 0 aromatic rings. The molecule has 0 saturated carbocycles. The lowest BCUT2D eigenvalue weighted by atomic mass is 9.72. The number of nitrogens with zero attached hydrogens (tertiary/aromatic N) is 2. The SMILES string of the molecule is CC(C)(C)[Si](C)(C)ON1C(=O)CC12C=CC(C#N)(O[Si](C)(C)C)CC2O[Si](C)(C)C. The van der Waals surface area contributed by atoms with Crippen molar-refractivity contribution in [2.45, 2.75) is 108 Å². The molecule has 1 aliphatic carbocycles. The van der Waals surface area contributed by atoms with Crippen LogP contribution in [0.15, 0.2) is 12.2 Å². The zero-order chi connectivity index (χ0) is 23.4. The molecule has 1 amide bonds. The fraction of sp³-hybridized carbons (Fsp3) is 0.810. The lowest BCUT2D eigenvalue weighted by Crippen LogP contribution is -2.73. The van der Waals surface area contributed by atoms with Crippen LogP contribution in [0.25, 0.3) is 0 Å². The monoisotopic (exact) mass is 468 g/mol. The molecule has 1 fully saturated rings. The number of carbonyl (C=O) groups is 1. The Hall–Kier alpha value is -0.769. The molecule has 9 heteroatoms. The first-order valence-corrected chi connectivity index (χ1v) is 20.5. The van der Waals surface area contributed by atoms with Crippen LogP contribution in [0, 0.1) is 11.3 Å². The number of amides is 1. The molecular formula is C21H40N2O4Si3. The molecule has 3 atom stereocenters. The first-order valence-electron chi connectivity index (χ1n) is 10.8. The van der Waals surface area contributed by atoms with Gasteiger partial charge in [0.1, 0.15) is 11.6 Å². The van der Waals surface area contributed by atoms with Crippen LogP contribution >= 0.6 is 0 Å². The van der Waals surface area contributed by atoms with Gasteiger partial charge in [-0.3, -0.25) is 4.79 Å². The van der Waals surface area contributed by atoms with Crippen molar-refractivity contribution in [1.29, 1.82) is 5.26 Å². The van der Waals surface area contributed by atoms with Crippen molar-refractivity contribution in [2.75, 3.05) is 0 Å². The van der Waals surface area contributed by atoms with E-state index in [4.69, 9.17) is 13.4 Å². The van der Waals surface area contributed by atoms with E-state index in [1.54, 1.807) is 5.06 Å². The van der Waals surface area contributed by atoms with Crippen LogP contribution in [0.1, 0.15) is 33.6 Å². The Kier molecular flexibility index (Phi) is 6.52. The van der Waals surface area contributed by atoms with Crippen LogP contribution in [0.3, 0.4) is 0 Å². The van der Waals surface area contributed by atoms with Crippen molar-refractivity contribution in [3.63, 3.8) is 0 Å². The Morgan fingerprint density at radius 2 is 1.63 bits per heavy atom. The molecule has 2 rings (SSSR count). The summed E-state index contributed by atoms with van der Waals surface area (Å²) in [6.07, 6.45) is 4.21. The second kappa shape index (κ2) is 7.67. The largest absolute Gasteiger partial charge is 0.412 e. The average molecular weight is 469 g/mol. The fourth-order valence-electron chi connectivity index (χ4n) is 3.60. The van der Waals surface area contributed by atoms with E-state index >= 15 is 0 Å². The van der Waals surface area contributed by atoms with Gasteiger partial charge in [0, 0.05) is 6.42 Å². The quantitative estimate of drug-likeness (QED) is 0.305. The summed E-state index contributed by atoms with van der Waals surface area (Å²) in [5.41, 5.74) is -1.70. The molecule has 0 bridgehead atoms. The molecule has 30 heavy (non-hydrogen) atoms. The fourth-order valence-corrected chi connectivity index (χ4v) is 7.04. The highest BCUT2D eigenvalue weighted by atomic mass is 28.4. The maximum absolute atomic E-state index is 12.7. The summed E-state index contributed by atoms with van der Waals surface area (Å²) in [7, 11) is -6.17. The van der Waals surface area contributed by atoms with Crippen LogP contribution in [0.4, 0.5) is 0 Å². The van der Waals surface area contributed by atoms with Gasteiger partial charge in [-0.15, -0.1) is 0 Å². The number of hydrogen-bond acceptors (Lipinski definition) is 5. The lowest BCUT2D eigenvalue weighted by Gasteiger charge is -2.59. The van der Waals surface area contributed by atoms with Gasteiger partial charge >= 0.3 is 0 Å². The van der Waals surface area contributed by atoms with Gasteiger partial charge in [-0.1, -0.05) is 26.8 Å². The van der Waals surface area contributed by atoms with E-state index in [-0.39, 0.29) is 17.0 Å². The molecule has 0 aromatic carbocycles. The van der Waals surface area contributed by atoms with Gasteiger partial charge in [0.15, 0.2) is 22.2 Å². The number of hydroxylamine groups is 2. The Bertz CT molecular complexity index is 758. The van der Waals surface area contributed by atoms with E-state index in [0.717, 1.165) is 0 Å². The minimum absolute atomic E-state index is 0.0239. The smallest absolute Gasteiger partial charge is 0.248 e. The first-order chi connectivity index (χ1) is 13.3. The molecule has 170 valence electrons. The predicted octanol–water partition coefficient (Wildman–Crippen LogP) is 5.19. The number of rotatable bonds is 6. The van der Waals surface area contributed by atoms with Crippen LogP contribution < -0.4 is 0 Å². The summed E-state index contributed by atoms with van der Waals surface area (Å²) >= 11 is 0. The first kappa shape index (κ1) is 25.5. The van der Waals surface area contributed by atoms with E-state index in [1.807, 2.05) is 12.2 Å². The number of nitriles is 1. The molecule has 0 radical (unpaired) electrons. The minimum atomic E-state index is -2.22. The van der Waals surface area contributed by atoms with E-state index in [1.165, 1.54) is 0 Å². The van der Waals surface area contributed by atoms with Crippen molar-refractivity contribution in [3.8, 4) is 6.07 Å². The Morgan fingerprint density at radius 3 is 2.03 bits per heavy atom. The third-order valence-corrected chi connectivity index (χ3v) is 12.2. The summed E-state index contributed by atoms with van der Waals surface area (Å²) in [4.78, 5) is 12.7. The average Bonchev–Trinajstić information content (AvgIpc) is 2.51. The van der Waals surface area contributed by atoms with E-state index in [9.17, 15) is 10.1 Å². The third-order valence-electron chi connectivity index (χ3n) is 6.03. The van der Waals surface area contributed by atoms with Gasteiger partial charge in [-0.05, 0) is 63.5 Å². The maximum atomic E-state index is 12.7. The molecule has 3 unspecified atom stereocenters. The number of carbonyl (C=O) groups excluding carboxylic acids is 1. The Morgan fingerprint density at radius 1 is 1.07 bits per heavy atom. The van der Waals surface area contributed by atoms with Crippen LogP contribution in [0.2, 0.25) is 57.4 Å². The van der Waals surface area contributed by atoms with E-state index < -0.39 is 36.1 Å². The standard InChI is InChI=1S/C21H40N2O4Si3/c1-19(2,3)30(10,11)27-23-18(24)15-21(23)13-12-20(16-22,26-29(7,8)9)14-17(21)25-28(4,5)6/h12-13,17H,14-15H2,1-11H3.